The summed E-state index contributed by atoms with van der Waals surface area (Å²) in [5.74, 6) is 1.31. The molecule has 1 amide bonds. The number of benzene rings is 2. The third-order valence-electron chi connectivity index (χ3n) is 4.38. The van der Waals surface area contributed by atoms with Crippen molar-refractivity contribution >= 4 is 11.9 Å². The van der Waals surface area contributed by atoms with Crippen LogP contribution < -0.4 is 20.7 Å². The highest BCUT2D eigenvalue weighted by molar-refractivity contribution is 5.81. The van der Waals surface area contributed by atoms with Crippen LogP contribution in [0.25, 0.3) is 0 Å². The fourth-order valence-electron chi connectivity index (χ4n) is 2.84. The van der Waals surface area contributed by atoms with Crippen LogP contribution in [-0.4, -0.2) is 42.7 Å². The van der Waals surface area contributed by atoms with Gasteiger partial charge < -0.3 is 25.8 Å². The Bertz CT molecular complexity index is 807. The van der Waals surface area contributed by atoms with Crippen molar-refractivity contribution in [1.29, 1.82) is 0 Å². The number of ether oxygens (including phenoxy) is 1. The summed E-state index contributed by atoms with van der Waals surface area (Å²) in [6.07, 6.45) is -0.288. The molecule has 2 aromatic carbocycles. The summed E-state index contributed by atoms with van der Waals surface area (Å²) in [7, 11) is 0. The number of amides is 1. The number of aliphatic imine (C=N–C) groups is 1. The third-order valence-corrected chi connectivity index (χ3v) is 4.38. The number of aliphatic hydroxyl groups is 1. The van der Waals surface area contributed by atoms with Gasteiger partial charge in [0.1, 0.15) is 5.75 Å². The first-order chi connectivity index (χ1) is 15.0. The molecule has 1 unspecified atom stereocenters. The van der Waals surface area contributed by atoms with E-state index < -0.39 is 6.10 Å². The molecular formula is C24H34N4O3. The van der Waals surface area contributed by atoms with E-state index in [-0.39, 0.29) is 18.6 Å². The molecule has 2 aromatic rings. The van der Waals surface area contributed by atoms with E-state index in [4.69, 9.17) is 4.74 Å². The van der Waals surface area contributed by atoms with Gasteiger partial charge >= 0.3 is 0 Å². The molecule has 0 saturated carbocycles. The summed E-state index contributed by atoms with van der Waals surface area (Å²) in [6, 6.07) is 17.2. The van der Waals surface area contributed by atoms with E-state index in [1.54, 1.807) is 0 Å². The third kappa shape index (κ3) is 9.53. The molecule has 0 spiro atoms. The van der Waals surface area contributed by atoms with Crippen LogP contribution in [0.2, 0.25) is 0 Å². The van der Waals surface area contributed by atoms with Crippen molar-refractivity contribution in [2.75, 3.05) is 19.6 Å². The van der Waals surface area contributed by atoms with Crippen LogP contribution in [0.5, 0.6) is 5.75 Å². The van der Waals surface area contributed by atoms with Crippen molar-refractivity contribution in [3.63, 3.8) is 0 Å². The fraction of sp³-hybridized carbons (Fsp3) is 0.417. The molecular weight excluding hydrogens is 392 g/mol. The molecule has 0 aromatic heterocycles. The summed E-state index contributed by atoms with van der Waals surface area (Å²) >= 11 is 0. The van der Waals surface area contributed by atoms with Gasteiger partial charge in [0.15, 0.2) is 5.96 Å². The summed E-state index contributed by atoms with van der Waals surface area (Å²) < 4.78 is 5.62. The molecule has 0 heterocycles. The predicted octanol–water partition coefficient (Wildman–Crippen LogP) is 2.77. The van der Waals surface area contributed by atoms with Gasteiger partial charge in [0, 0.05) is 26.1 Å². The number of carbonyl (C=O) groups is 1. The van der Waals surface area contributed by atoms with Crippen molar-refractivity contribution in [1.82, 2.24) is 16.0 Å². The van der Waals surface area contributed by atoms with Gasteiger partial charge in [-0.15, -0.1) is 0 Å². The Hall–Kier alpha value is -3.06. The smallest absolute Gasteiger partial charge is 0.222 e. The molecule has 7 heteroatoms. The Morgan fingerprint density at radius 2 is 1.74 bits per heavy atom. The quantitative estimate of drug-likeness (QED) is 0.327. The van der Waals surface area contributed by atoms with Crippen LogP contribution in [0, 0.1) is 0 Å². The highest BCUT2D eigenvalue weighted by Gasteiger charge is 2.09. The first-order valence-corrected chi connectivity index (χ1v) is 10.8. The van der Waals surface area contributed by atoms with E-state index in [9.17, 15) is 9.90 Å². The molecule has 168 valence electrons. The maximum Gasteiger partial charge on any atom is 0.222 e. The maximum absolute atomic E-state index is 12.0. The molecule has 0 aliphatic rings. The van der Waals surface area contributed by atoms with Crippen LogP contribution in [0.3, 0.4) is 0 Å². The first kappa shape index (κ1) is 24.2. The Kier molecular flexibility index (Phi) is 10.4. The van der Waals surface area contributed by atoms with Crippen molar-refractivity contribution in [3.8, 4) is 5.75 Å². The highest BCUT2D eigenvalue weighted by Crippen LogP contribution is 2.19. The molecule has 0 radical (unpaired) electrons. The predicted molar refractivity (Wildman–Crippen MR) is 124 cm³/mol. The summed E-state index contributed by atoms with van der Waals surface area (Å²) in [6.45, 7) is 7.76. The molecule has 31 heavy (non-hydrogen) atoms. The van der Waals surface area contributed by atoms with Crippen LogP contribution in [-0.2, 0) is 11.3 Å². The second kappa shape index (κ2) is 13.3. The van der Waals surface area contributed by atoms with Gasteiger partial charge in [-0.2, -0.15) is 0 Å². The first-order valence-electron chi connectivity index (χ1n) is 10.8. The lowest BCUT2D eigenvalue weighted by atomic mass is 10.1. The molecule has 0 aliphatic carbocycles. The Morgan fingerprint density at radius 3 is 2.39 bits per heavy atom. The van der Waals surface area contributed by atoms with Crippen LogP contribution >= 0.6 is 0 Å². The van der Waals surface area contributed by atoms with Gasteiger partial charge in [-0.1, -0.05) is 42.5 Å². The zero-order valence-electron chi connectivity index (χ0n) is 18.6. The minimum Gasteiger partial charge on any atom is -0.491 e. The Balaban J connectivity index is 1.77. The zero-order valence-corrected chi connectivity index (χ0v) is 18.6. The number of carbonyl (C=O) groups excluding carboxylic acids is 1. The normalized spacial score (nSPS) is 12.4. The zero-order chi connectivity index (χ0) is 22.5. The van der Waals surface area contributed by atoms with Crippen LogP contribution in [0.15, 0.2) is 59.6 Å². The van der Waals surface area contributed by atoms with Gasteiger partial charge in [-0.3, -0.25) is 9.79 Å². The van der Waals surface area contributed by atoms with Gasteiger partial charge in [-0.05, 0) is 44.0 Å². The lowest BCUT2D eigenvalue weighted by Gasteiger charge is -2.14. The van der Waals surface area contributed by atoms with Crippen LogP contribution in [0.1, 0.15) is 44.4 Å². The molecule has 0 fully saturated rings. The summed E-state index contributed by atoms with van der Waals surface area (Å²) in [5, 5.41) is 19.6. The largest absolute Gasteiger partial charge is 0.491 e. The number of guanidine groups is 1. The van der Waals surface area contributed by atoms with Crippen molar-refractivity contribution < 1.29 is 14.6 Å². The molecule has 4 N–H and O–H groups in total. The average molecular weight is 427 g/mol. The fourth-order valence-corrected chi connectivity index (χ4v) is 2.84. The van der Waals surface area contributed by atoms with Crippen molar-refractivity contribution in [3.05, 3.63) is 65.7 Å². The van der Waals surface area contributed by atoms with E-state index in [0.29, 0.717) is 32.0 Å². The molecule has 0 bridgehead atoms. The van der Waals surface area contributed by atoms with E-state index >= 15 is 0 Å². The lowest BCUT2D eigenvalue weighted by Crippen LogP contribution is -2.39. The number of nitrogens with zero attached hydrogens (tertiary/aromatic N) is 1. The second-order valence-electron chi connectivity index (χ2n) is 7.41. The number of hydrogen-bond donors (Lipinski definition) is 4. The minimum absolute atomic E-state index is 0.0315. The monoisotopic (exact) mass is 426 g/mol. The molecule has 2 rings (SSSR count). The van der Waals surface area contributed by atoms with E-state index in [2.05, 4.69) is 20.9 Å². The Morgan fingerprint density at radius 1 is 1.03 bits per heavy atom. The van der Waals surface area contributed by atoms with Gasteiger partial charge in [-0.25, -0.2) is 0 Å². The highest BCUT2D eigenvalue weighted by atomic mass is 16.5. The van der Waals surface area contributed by atoms with Crippen LogP contribution in [0.4, 0.5) is 0 Å². The van der Waals surface area contributed by atoms with Gasteiger partial charge in [0.25, 0.3) is 0 Å². The number of rotatable bonds is 11. The summed E-state index contributed by atoms with van der Waals surface area (Å²) in [5.41, 5.74) is 1.84. The maximum atomic E-state index is 12.0. The summed E-state index contributed by atoms with van der Waals surface area (Å²) in [4.78, 5) is 16.5. The second-order valence-corrected chi connectivity index (χ2v) is 7.41. The Labute approximate surface area is 184 Å². The standard InChI is InChI=1S/C24H34N4O3/c1-4-25-24(26-15-14-23(30)27-16-19-8-6-5-7-9-19)28-17-22(29)20-10-12-21(13-11-20)31-18(2)3/h5-13,18,22,29H,4,14-17H2,1-3H3,(H,27,30)(H2,25,26,28). The molecule has 1 atom stereocenters. The number of hydrogen-bond acceptors (Lipinski definition) is 4. The number of nitrogens with one attached hydrogen (secondary N) is 3. The lowest BCUT2D eigenvalue weighted by molar-refractivity contribution is -0.121. The van der Waals surface area contributed by atoms with Crippen molar-refractivity contribution in [2.24, 2.45) is 4.99 Å². The molecule has 0 saturated heterocycles. The van der Waals surface area contributed by atoms with E-state index in [0.717, 1.165) is 16.9 Å². The van der Waals surface area contributed by atoms with Gasteiger partial charge in [0.2, 0.25) is 5.91 Å². The molecule has 0 aliphatic heterocycles. The molecule has 7 nitrogen and oxygen atoms in total. The van der Waals surface area contributed by atoms with E-state index in [1.807, 2.05) is 75.4 Å². The van der Waals surface area contributed by atoms with E-state index in [1.165, 1.54) is 0 Å². The minimum atomic E-state index is -0.724. The topological polar surface area (TPSA) is 95.0 Å². The van der Waals surface area contributed by atoms with Gasteiger partial charge in [0.05, 0.1) is 18.8 Å². The van der Waals surface area contributed by atoms with Crippen molar-refractivity contribution in [2.45, 2.75) is 45.9 Å². The average Bonchev–Trinajstić information content (AvgIpc) is 2.76. The SMILES string of the molecule is CCNC(=NCC(O)c1ccc(OC(C)C)cc1)NCCC(=O)NCc1ccccc1. The number of aliphatic hydroxyl groups excluding tert-OH is 1.